The maximum Gasteiger partial charge on any atom is 0.113 e. The van der Waals surface area contributed by atoms with Crippen molar-refractivity contribution in [1.82, 2.24) is 0 Å². The molecule has 3 heteroatoms. The van der Waals surface area contributed by atoms with Gasteiger partial charge in [-0.3, -0.25) is 0 Å². The van der Waals surface area contributed by atoms with E-state index in [1.807, 2.05) is 25.1 Å². The second-order valence-corrected chi connectivity index (χ2v) is 21.9. The number of rotatable bonds is 3. The summed E-state index contributed by atoms with van der Waals surface area (Å²) in [5.41, 5.74) is 6.58. The summed E-state index contributed by atoms with van der Waals surface area (Å²) >= 11 is 0. The predicted octanol–water partition coefficient (Wildman–Crippen LogP) is 14.7. The minimum Gasteiger partial charge on any atom is -0.472 e. The van der Waals surface area contributed by atoms with E-state index in [9.17, 15) is 0 Å². The maximum absolute atomic E-state index is 5.78. The minimum absolute atomic E-state index is 0.0408. The summed E-state index contributed by atoms with van der Waals surface area (Å²) in [6.07, 6.45) is 7.47. The van der Waals surface area contributed by atoms with Crippen LogP contribution in [-0.4, -0.2) is 0 Å². The van der Waals surface area contributed by atoms with Gasteiger partial charge in [-0.05, 0) is 61.2 Å². The molecule has 0 amide bonds. The number of hydrogen-bond donors (Lipinski definition) is 0. The minimum atomic E-state index is 0.0408. The Kier molecular flexibility index (Phi) is 12.7. The molecule has 0 saturated carbocycles. The topological polar surface area (TPSA) is 39.4 Å². The Hall–Kier alpha value is -2.16. The Morgan fingerprint density at radius 1 is 0.333 bits per heavy atom. The Balaban J connectivity index is 0.000000360. The first-order chi connectivity index (χ1) is 20.9. The smallest absolute Gasteiger partial charge is 0.113 e. The predicted molar refractivity (Wildman–Crippen MR) is 210 cm³/mol. The molecule has 0 spiro atoms. The lowest BCUT2D eigenvalue weighted by molar-refractivity contribution is 0.186. The third-order valence-electron chi connectivity index (χ3n) is 11.8. The molecule has 276 valence electrons. The molecular formula is C45H78O3. The summed E-state index contributed by atoms with van der Waals surface area (Å²) in [6, 6.07) is 4.24. The van der Waals surface area contributed by atoms with Gasteiger partial charge in [-0.25, -0.2) is 0 Å². The Labute approximate surface area is 298 Å². The first-order valence-electron chi connectivity index (χ1n) is 18.2. The van der Waals surface area contributed by atoms with E-state index in [0.717, 1.165) is 11.5 Å². The van der Waals surface area contributed by atoms with Gasteiger partial charge >= 0.3 is 0 Å². The Morgan fingerprint density at radius 2 is 0.667 bits per heavy atom. The zero-order valence-electron chi connectivity index (χ0n) is 36.2. The van der Waals surface area contributed by atoms with Crippen LogP contribution in [0.15, 0.2) is 50.4 Å². The molecule has 0 radical (unpaired) electrons. The molecular weight excluding hydrogens is 588 g/mol. The zero-order chi connectivity index (χ0) is 38.3. The van der Waals surface area contributed by atoms with Gasteiger partial charge in [0.2, 0.25) is 0 Å². The molecule has 0 aromatic carbocycles. The van der Waals surface area contributed by atoms with E-state index < -0.39 is 0 Å². The van der Waals surface area contributed by atoms with E-state index >= 15 is 0 Å². The first-order valence-corrected chi connectivity index (χ1v) is 18.2. The molecule has 48 heavy (non-hydrogen) atoms. The first kappa shape index (κ1) is 43.9. The second kappa shape index (κ2) is 13.9. The van der Waals surface area contributed by atoms with Crippen molar-refractivity contribution in [2.24, 2.45) is 16.2 Å². The molecule has 0 bridgehead atoms. The largest absolute Gasteiger partial charge is 0.472 e. The third kappa shape index (κ3) is 9.75. The SMILES string of the molecule is CC(C)(C)c1ccoc1C(C)(C)C(C)(C)C.CC(C)(C)c1cocc1C(C)(C)C(C)(C)C.CC(C)(C)c1occc1C(C)(C)C(C)(C)C. The molecule has 0 aliphatic rings. The summed E-state index contributed by atoms with van der Waals surface area (Å²) in [4.78, 5) is 0. The van der Waals surface area contributed by atoms with E-state index in [0.29, 0.717) is 0 Å². The highest BCUT2D eigenvalue weighted by Crippen LogP contribution is 2.47. The standard InChI is InChI=1S/3C15H26O/c1-13(2,3)11-9-16-10-12(11)15(7,8)14(4,5)6;1-13(2,3)12-11(9-10-16-12)15(7,8)14(4,5)6;1-13(2,3)11-9-10-16-12(11)15(7,8)14(4,5)6/h3*9-10H,1-8H3. The quantitative estimate of drug-likeness (QED) is 0.279. The molecule has 3 aromatic heterocycles. The van der Waals surface area contributed by atoms with Gasteiger partial charge in [0, 0.05) is 22.0 Å². The molecule has 0 N–H and O–H groups in total. The van der Waals surface area contributed by atoms with Crippen molar-refractivity contribution >= 4 is 0 Å². The summed E-state index contributed by atoms with van der Waals surface area (Å²) in [6.45, 7) is 54.3. The summed E-state index contributed by atoms with van der Waals surface area (Å²) in [7, 11) is 0. The van der Waals surface area contributed by atoms with Crippen LogP contribution in [0.1, 0.15) is 200 Å². The van der Waals surface area contributed by atoms with Crippen molar-refractivity contribution < 1.29 is 13.3 Å². The van der Waals surface area contributed by atoms with E-state index in [-0.39, 0.29) is 48.7 Å². The van der Waals surface area contributed by atoms with E-state index in [1.54, 1.807) is 0 Å². The lowest BCUT2D eigenvalue weighted by Gasteiger charge is -2.40. The zero-order valence-corrected chi connectivity index (χ0v) is 36.2. The second-order valence-electron chi connectivity index (χ2n) is 21.9. The van der Waals surface area contributed by atoms with Crippen LogP contribution >= 0.6 is 0 Å². The summed E-state index contributed by atoms with van der Waals surface area (Å²) in [5.74, 6) is 2.25. The van der Waals surface area contributed by atoms with Crippen molar-refractivity contribution in [3.8, 4) is 0 Å². The highest BCUT2D eigenvalue weighted by Gasteiger charge is 2.42. The van der Waals surface area contributed by atoms with Crippen LogP contribution in [-0.2, 0) is 32.5 Å². The highest BCUT2D eigenvalue weighted by molar-refractivity contribution is 5.36. The molecule has 0 fully saturated rings. The van der Waals surface area contributed by atoms with Crippen molar-refractivity contribution in [3.05, 3.63) is 71.0 Å². The summed E-state index contributed by atoms with van der Waals surface area (Å²) in [5, 5.41) is 0. The third-order valence-corrected chi connectivity index (χ3v) is 11.8. The van der Waals surface area contributed by atoms with Crippen molar-refractivity contribution in [1.29, 1.82) is 0 Å². The van der Waals surface area contributed by atoms with Gasteiger partial charge in [0.15, 0.2) is 0 Å². The van der Waals surface area contributed by atoms with Crippen molar-refractivity contribution in [2.75, 3.05) is 0 Å². The Morgan fingerprint density at radius 3 is 1.02 bits per heavy atom. The van der Waals surface area contributed by atoms with Gasteiger partial charge in [-0.1, -0.05) is 166 Å². The molecule has 3 aromatic rings. The highest BCUT2D eigenvalue weighted by atomic mass is 16.3. The van der Waals surface area contributed by atoms with Crippen LogP contribution in [0.5, 0.6) is 0 Å². The molecule has 3 heterocycles. The molecule has 0 unspecified atom stereocenters. The fraction of sp³-hybridized carbons (Fsp3) is 0.733. The van der Waals surface area contributed by atoms with Gasteiger partial charge in [0.25, 0.3) is 0 Å². The average Bonchev–Trinajstić information content (AvgIpc) is 3.62. The van der Waals surface area contributed by atoms with E-state index in [4.69, 9.17) is 13.3 Å². The van der Waals surface area contributed by atoms with Gasteiger partial charge in [-0.15, -0.1) is 0 Å². The van der Waals surface area contributed by atoms with Crippen LogP contribution < -0.4 is 0 Å². The average molecular weight is 667 g/mol. The fourth-order valence-corrected chi connectivity index (χ4v) is 5.28. The normalized spacial score (nSPS) is 14.2. The fourth-order valence-electron chi connectivity index (χ4n) is 5.28. The monoisotopic (exact) mass is 667 g/mol. The number of furan rings is 3. The molecule has 0 atom stereocenters. The van der Waals surface area contributed by atoms with Gasteiger partial charge in [0.1, 0.15) is 11.5 Å². The Bertz CT molecular complexity index is 1240. The van der Waals surface area contributed by atoms with Crippen molar-refractivity contribution in [2.45, 2.75) is 199 Å². The molecule has 3 nitrogen and oxygen atoms in total. The van der Waals surface area contributed by atoms with Gasteiger partial charge < -0.3 is 13.3 Å². The van der Waals surface area contributed by atoms with Crippen LogP contribution in [0.25, 0.3) is 0 Å². The van der Waals surface area contributed by atoms with E-state index in [1.165, 1.54) is 22.3 Å². The van der Waals surface area contributed by atoms with Gasteiger partial charge in [-0.2, -0.15) is 0 Å². The molecule has 0 aliphatic heterocycles. The lowest BCUT2D eigenvalue weighted by Crippen LogP contribution is -2.35. The molecule has 0 saturated heterocycles. The molecule has 0 aliphatic carbocycles. The lowest BCUT2D eigenvalue weighted by atomic mass is 9.63. The van der Waals surface area contributed by atoms with Crippen LogP contribution in [0, 0.1) is 16.2 Å². The molecule has 3 rings (SSSR count). The maximum atomic E-state index is 5.78. The summed E-state index contributed by atoms with van der Waals surface area (Å²) < 4.78 is 16.9. The van der Waals surface area contributed by atoms with Gasteiger partial charge in [0.05, 0.1) is 25.1 Å². The number of hydrogen-bond acceptors (Lipinski definition) is 3. The van der Waals surface area contributed by atoms with Crippen LogP contribution in [0.2, 0.25) is 0 Å². The van der Waals surface area contributed by atoms with Crippen LogP contribution in [0.3, 0.4) is 0 Å². The van der Waals surface area contributed by atoms with Crippen molar-refractivity contribution in [3.63, 3.8) is 0 Å². The van der Waals surface area contributed by atoms with E-state index in [2.05, 4.69) is 178 Å². The van der Waals surface area contributed by atoms with Crippen LogP contribution in [0.4, 0.5) is 0 Å².